The van der Waals surface area contributed by atoms with Crippen molar-refractivity contribution in [2.45, 2.75) is 55.4 Å². The van der Waals surface area contributed by atoms with Crippen LogP contribution in [0.3, 0.4) is 0 Å². The zero-order valence-corrected chi connectivity index (χ0v) is 29.9. The predicted molar refractivity (Wildman–Crippen MR) is 182 cm³/mol. The molecule has 5 nitrogen and oxygen atoms in total. The van der Waals surface area contributed by atoms with Gasteiger partial charge < -0.3 is 25.5 Å². The van der Waals surface area contributed by atoms with E-state index in [1.807, 2.05) is 12.1 Å². The number of benzene rings is 4. The van der Waals surface area contributed by atoms with Crippen LogP contribution in [0, 0.1) is 55.4 Å². The molecule has 4 aromatic rings. The summed E-state index contributed by atoms with van der Waals surface area (Å²) in [6.07, 6.45) is 3.55. The number of rotatable bonds is 10. The summed E-state index contributed by atoms with van der Waals surface area (Å²) >= 11 is 0. The van der Waals surface area contributed by atoms with Gasteiger partial charge in [-0.15, -0.1) is 48.7 Å². The van der Waals surface area contributed by atoms with Crippen LogP contribution in [0.25, 0.3) is 10.6 Å². The maximum atomic E-state index is 9.88. The van der Waals surface area contributed by atoms with E-state index in [4.69, 9.17) is 10.6 Å². The molecular weight excluding hydrogens is 622 g/mol. The molecule has 232 valence electrons. The first kappa shape index (κ1) is 38.7. The minimum absolute atomic E-state index is 0. The van der Waals surface area contributed by atoms with Gasteiger partial charge in [0, 0.05) is 26.2 Å². The Labute approximate surface area is 284 Å². The molecule has 0 aliphatic rings. The van der Waals surface area contributed by atoms with E-state index in [-0.39, 0.29) is 26.2 Å². The number of carbonyl (C=O) groups excluding carboxylic acids is 2. The van der Waals surface area contributed by atoms with Crippen LogP contribution in [0.2, 0.25) is 0 Å². The second-order valence-electron chi connectivity index (χ2n) is 10.7. The molecule has 0 aliphatic carbocycles. The number of hydrogen-bond acceptors (Lipinski definition) is 3. The molecule has 0 saturated heterocycles. The second-order valence-corrected chi connectivity index (χ2v) is 10.7. The Morgan fingerprint density at radius 3 is 1.27 bits per heavy atom. The van der Waals surface area contributed by atoms with Gasteiger partial charge in [-0.25, -0.2) is 0 Å². The molecule has 0 saturated carbocycles. The van der Waals surface area contributed by atoms with E-state index in [1.54, 1.807) is 61.1 Å². The van der Waals surface area contributed by atoms with Crippen molar-refractivity contribution in [1.82, 2.24) is 5.32 Å². The van der Waals surface area contributed by atoms with Crippen LogP contribution in [0.5, 0.6) is 0 Å². The van der Waals surface area contributed by atoms with E-state index in [9.17, 15) is 9.59 Å². The molecule has 0 aromatic heterocycles. The van der Waals surface area contributed by atoms with Crippen LogP contribution in [0.4, 0.5) is 11.4 Å². The van der Waals surface area contributed by atoms with Crippen molar-refractivity contribution in [3.63, 3.8) is 0 Å². The van der Waals surface area contributed by atoms with E-state index >= 15 is 0 Å². The van der Waals surface area contributed by atoms with Crippen molar-refractivity contribution >= 4 is 23.9 Å². The van der Waals surface area contributed by atoms with Gasteiger partial charge in [0.1, 0.15) is 0 Å². The summed E-state index contributed by atoms with van der Waals surface area (Å²) < 4.78 is 0. The summed E-state index contributed by atoms with van der Waals surface area (Å²) in [5, 5.41) is 13.1. The fraction of sp³-hybridized carbons (Fsp3) is 0.316. The van der Waals surface area contributed by atoms with Crippen LogP contribution >= 0.6 is 0 Å². The number of nitrogens with one attached hydrogen (secondary N) is 1. The Morgan fingerprint density at radius 1 is 0.545 bits per heavy atom. The van der Waals surface area contributed by atoms with Gasteiger partial charge in [-0.2, -0.15) is 35.4 Å². The Bertz CT molecular complexity index is 1360. The summed E-state index contributed by atoms with van der Waals surface area (Å²) in [5.74, 6) is 0. The monoisotopic (exact) mass is 665 g/mol. The largest absolute Gasteiger partial charge is 0.683 e. The Balaban J connectivity index is 0.000000460. The maximum Gasteiger partial charge on any atom is 0.0627 e. The van der Waals surface area contributed by atoms with Crippen molar-refractivity contribution in [3.8, 4) is 0 Å². The van der Waals surface area contributed by atoms with Gasteiger partial charge in [0.25, 0.3) is 0 Å². The minimum atomic E-state index is 0. The molecule has 0 aliphatic heterocycles. The van der Waals surface area contributed by atoms with Gasteiger partial charge in [-0.05, 0) is 85.2 Å². The Hall–Kier alpha value is -3.34. The topological polar surface area (TPSA) is 74.4 Å². The fourth-order valence-electron chi connectivity index (χ4n) is 4.77. The average molecular weight is 667 g/mol. The second kappa shape index (κ2) is 20.6. The third-order valence-corrected chi connectivity index (χ3v) is 7.50. The summed E-state index contributed by atoms with van der Waals surface area (Å²) in [5.41, 5.74) is 14.1. The number of aryl methyl sites for hydroxylation is 3. The van der Waals surface area contributed by atoms with Crippen molar-refractivity contribution in [2.24, 2.45) is 0 Å². The van der Waals surface area contributed by atoms with Crippen LogP contribution in [-0.2, 0) is 35.8 Å². The molecule has 0 atom stereocenters. The average Bonchev–Trinajstić information content (AvgIpc) is 3.02. The van der Waals surface area contributed by atoms with Crippen LogP contribution in [-0.4, -0.2) is 38.8 Å². The van der Waals surface area contributed by atoms with E-state index in [0.717, 1.165) is 31.9 Å². The van der Waals surface area contributed by atoms with Crippen molar-refractivity contribution in [1.29, 1.82) is 0 Å². The third-order valence-electron chi connectivity index (χ3n) is 7.50. The molecule has 4 aromatic carbocycles. The van der Waals surface area contributed by atoms with Crippen molar-refractivity contribution in [3.05, 3.63) is 139 Å². The van der Waals surface area contributed by atoms with E-state index in [0.29, 0.717) is 11.1 Å². The smallest absolute Gasteiger partial charge is 0.0627 e. The zero-order chi connectivity index (χ0) is 31.8. The quantitative estimate of drug-likeness (QED) is 0.136. The SMILES string of the molecule is Cc1cc(C)c([N-]CCNCC[N-]c2c(C)c(C)c(C)c(C)c2C)c(C)c1.O=[C-]c1ccccc1.O=[C-]c1ccccc1.[Zr]. The molecule has 6 heteroatoms. The van der Waals surface area contributed by atoms with Gasteiger partial charge in [0.05, 0.1) is 12.6 Å². The van der Waals surface area contributed by atoms with Crippen LogP contribution in [0.1, 0.15) is 55.6 Å². The fourth-order valence-corrected chi connectivity index (χ4v) is 4.77. The first-order valence-corrected chi connectivity index (χ1v) is 14.7. The standard InChI is InChI=1S/C24H35N3.2C7H5O.Zr/c1-15-13-16(2)23(17(3)14-15)26-11-9-25-10-12-27-24-21(7)19(5)18(4)20(6)22(24)8;2*8-6-7-4-2-1-3-5-7;/h13-14,25H,9-12H2,1-8H3;2*1-5H;/q-2;2*-1;. The Kier molecular flexibility index (Phi) is 18.1. The zero-order valence-electron chi connectivity index (χ0n) is 27.5. The van der Waals surface area contributed by atoms with Crippen LogP contribution in [0.15, 0.2) is 72.8 Å². The van der Waals surface area contributed by atoms with E-state index in [2.05, 4.69) is 72.8 Å². The molecule has 0 heterocycles. The molecule has 1 N–H and O–H groups in total. The van der Waals surface area contributed by atoms with Crippen molar-refractivity contribution < 1.29 is 35.8 Å². The minimum Gasteiger partial charge on any atom is -0.683 e. The normalized spacial score (nSPS) is 9.82. The molecular formula is C38H45N3O2Zr-4. The van der Waals surface area contributed by atoms with Gasteiger partial charge in [-0.1, -0.05) is 52.1 Å². The molecule has 0 bridgehead atoms. The molecule has 4 rings (SSSR count). The Morgan fingerprint density at radius 2 is 0.909 bits per heavy atom. The summed E-state index contributed by atoms with van der Waals surface area (Å²) in [6.45, 7) is 20.7. The molecule has 0 amide bonds. The van der Waals surface area contributed by atoms with Crippen molar-refractivity contribution in [2.75, 3.05) is 26.2 Å². The third kappa shape index (κ3) is 12.3. The number of hydrogen-bond donors (Lipinski definition) is 1. The number of nitrogens with zero attached hydrogens (tertiary/aromatic N) is 2. The van der Waals surface area contributed by atoms with Crippen LogP contribution < -0.4 is 5.32 Å². The van der Waals surface area contributed by atoms with Gasteiger partial charge in [0.2, 0.25) is 0 Å². The molecule has 0 unspecified atom stereocenters. The molecule has 44 heavy (non-hydrogen) atoms. The molecule has 0 fully saturated rings. The maximum absolute atomic E-state index is 9.88. The first-order valence-electron chi connectivity index (χ1n) is 14.7. The van der Waals surface area contributed by atoms with Gasteiger partial charge in [-0.3, -0.25) is 0 Å². The van der Waals surface area contributed by atoms with Gasteiger partial charge in [0.15, 0.2) is 0 Å². The van der Waals surface area contributed by atoms with E-state index in [1.165, 1.54) is 50.2 Å². The summed E-state index contributed by atoms with van der Waals surface area (Å²) in [4.78, 5) is 19.8. The summed E-state index contributed by atoms with van der Waals surface area (Å²) in [7, 11) is 0. The predicted octanol–water partition coefficient (Wildman–Crippen LogP) is 8.74. The first-order chi connectivity index (χ1) is 20.6. The summed E-state index contributed by atoms with van der Waals surface area (Å²) in [6, 6.07) is 22.2. The molecule has 0 spiro atoms. The van der Waals surface area contributed by atoms with E-state index < -0.39 is 0 Å². The van der Waals surface area contributed by atoms with Gasteiger partial charge >= 0.3 is 0 Å². The molecule has 0 radical (unpaired) electrons.